The van der Waals surface area contributed by atoms with Gasteiger partial charge in [-0.2, -0.15) is 11.8 Å². The van der Waals surface area contributed by atoms with E-state index in [9.17, 15) is 4.79 Å². The Hall–Kier alpha value is -0.670. The first-order valence-corrected chi connectivity index (χ1v) is 6.17. The standard InChI is InChI=1S/C11H13ClO2S/c1-8-2-3-9(10(12)6-8)7-15-5-4-11(13)14/h2-3,6H,4-5,7H2,1H3,(H,13,14). The first kappa shape index (κ1) is 12.4. The molecule has 0 heterocycles. The van der Waals surface area contributed by atoms with Crippen molar-refractivity contribution >= 4 is 29.3 Å². The largest absolute Gasteiger partial charge is 0.481 e. The highest BCUT2D eigenvalue weighted by atomic mass is 35.5. The SMILES string of the molecule is Cc1ccc(CSCCC(=O)O)c(Cl)c1. The van der Waals surface area contributed by atoms with Crippen LogP contribution in [0.25, 0.3) is 0 Å². The summed E-state index contributed by atoms with van der Waals surface area (Å²) in [6.07, 6.45) is 0.203. The molecule has 0 bridgehead atoms. The van der Waals surface area contributed by atoms with E-state index in [0.717, 1.165) is 21.9 Å². The van der Waals surface area contributed by atoms with Gasteiger partial charge in [-0.25, -0.2) is 0 Å². The van der Waals surface area contributed by atoms with Crippen molar-refractivity contribution in [1.29, 1.82) is 0 Å². The van der Waals surface area contributed by atoms with E-state index in [1.54, 1.807) is 11.8 Å². The molecule has 15 heavy (non-hydrogen) atoms. The Morgan fingerprint density at radius 1 is 1.53 bits per heavy atom. The number of halogens is 1. The minimum absolute atomic E-state index is 0.203. The predicted octanol–water partition coefficient (Wildman–Crippen LogP) is 3.36. The van der Waals surface area contributed by atoms with Gasteiger partial charge in [0.25, 0.3) is 0 Å². The topological polar surface area (TPSA) is 37.3 Å². The maximum Gasteiger partial charge on any atom is 0.304 e. The van der Waals surface area contributed by atoms with Gasteiger partial charge in [-0.05, 0) is 24.1 Å². The van der Waals surface area contributed by atoms with Crippen LogP contribution in [0, 0.1) is 6.92 Å². The molecule has 0 atom stereocenters. The molecule has 82 valence electrons. The zero-order chi connectivity index (χ0) is 11.3. The third-order valence-corrected chi connectivity index (χ3v) is 3.29. The van der Waals surface area contributed by atoms with Gasteiger partial charge >= 0.3 is 5.97 Å². The number of carbonyl (C=O) groups is 1. The normalized spacial score (nSPS) is 10.3. The molecule has 0 spiro atoms. The molecule has 0 saturated carbocycles. The molecule has 0 aliphatic rings. The smallest absolute Gasteiger partial charge is 0.304 e. The highest BCUT2D eigenvalue weighted by Gasteiger charge is 2.02. The van der Waals surface area contributed by atoms with Crippen molar-refractivity contribution in [1.82, 2.24) is 0 Å². The van der Waals surface area contributed by atoms with Crippen molar-refractivity contribution < 1.29 is 9.90 Å². The molecule has 2 nitrogen and oxygen atoms in total. The highest BCUT2D eigenvalue weighted by molar-refractivity contribution is 7.98. The molecular formula is C11H13ClO2S. The fourth-order valence-corrected chi connectivity index (χ4v) is 2.43. The quantitative estimate of drug-likeness (QED) is 0.807. The van der Waals surface area contributed by atoms with Crippen molar-refractivity contribution in [2.45, 2.75) is 19.1 Å². The van der Waals surface area contributed by atoms with Gasteiger partial charge in [-0.3, -0.25) is 4.79 Å². The van der Waals surface area contributed by atoms with Crippen LogP contribution in [-0.2, 0) is 10.5 Å². The zero-order valence-corrected chi connectivity index (χ0v) is 10.1. The summed E-state index contributed by atoms with van der Waals surface area (Å²) in [4.78, 5) is 10.3. The van der Waals surface area contributed by atoms with Gasteiger partial charge < -0.3 is 5.11 Å². The lowest BCUT2D eigenvalue weighted by Crippen LogP contribution is -1.96. The van der Waals surface area contributed by atoms with Crippen molar-refractivity contribution in [2.24, 2.45) is 0 Å². The Labute approximate surface area is 98.6 Å². The summed E-state index contributed by atoms with van der Waals surface area (Å²) in [7, 11) is 0. The predicted molar refractivity (Wildman–Crippen MR) is 64.6 cm³/mol. The van der Waals surface area contributed by atoms with Gasteiger partial charge in [0, 0.05) is 16.5 Å². The lowest BCUT2D eigenvalue weighted by molar-refractivity contribution is -0.136. The Morgan fingerprint density at radius 3 is 2.87 bits per heavy atom. The Kier molecular flexibility index (Phi) is 4.99. The lowest BCUT2D eigenvalue weighted by atomic mass is 10.2. The van der Waals surface area contributed by atoms with Gasteiger partial charge in [0.15, 0.2) is 0 Å². The van der Waals surface area contributed by atoms with Gasteiger partial charge in [-0.1, -0.05) is 23.7 Å². The van der Waals surface area contributed by atoms with Crippen LogP contribution in [0.1, 0.15) is 17.5 Å². The Balaban J connectivity index is 2.40. The minimum atomic E-state index is -0.752. The third kappa shape index (κ3) is 4.58. The first-order valence-electron chi connectivity index (χ1n) is 4.64. The fraction of sp³-hybridized carbons (Fsp3) is 0.364. The van der Waals surface area contributed by atoms with Crippen LogP contribution in [0.4, 0.5) is 0 Å². The van der Waals surface area contributed by atoms with Crippen molar-refractivity contribution in [3.05, 3.63) is 34.3 Å². The molecule has 1 aromatic carbocycles. The molecule has 0 aliphatic carbocycles. The number of carboxylic acid groups (broad SMARTS) is 1. The molecule has 0 radical (unpaired) electrons. The number of hydrogen-bond acceptors (Lipinski definition) is 2. The summed E-state index contributed by atoms with van der Waals surface area (Å²) in [5, 5.41) is 9.22. The van der Waals surface area contributed by atoms with Crippen molar-refractivity contribution in [3.8, 4) is 0 Å². The molecule has 0 unspecified atom stereocenters. The lowest BCUT2D eigenvalue weighted by Gasteiger charge is -2.04. The van der Waals surface area contributed by atoms with Crippen LogP contribution in [0.3, 0.4) is 0 Å². The second-order valence-electron chi connectivity index (χ2n) is 3.29. The molecular weight excluding hydrogens is 232 g/mol. The van der Waals surface area contributed by atoms with Gasteiger partial charge in [-0.15, -0.1) is 0 Å². The number of thioether (sulfide) groups is 1. The van der Waals surface area contributed by atoms with Crippen molar-refractivity contribution in [2.75, 3.05) is 5.75 Å². The van der Waals surface area contributed by atoms with Crippen LogP contribution in [-0.4, -0.2) is 16.8 Å². The summed E-state index contributed by atoms with van der Waals surface area (Å²) >= 11 is 7.63. The van der Waals surface area contributed by atoms with E-state index in [1.165, 1.54) is 0 Å². The highest BCUT2D eigenvalue weighted by Crippen LogP contribution is 2.22. The number of benzene rings is 1. The van der Waals surface area contributed by atoms with Crippen LogP contribution in [0.2, 0.25) is 5.02 Å². The van der Waals surface area contributed by atoms with E-state index in [4.69, 9.17) is 16.7 Å². The van der Waals surface area contributed by atoms with Crippen LogP contribution in [0.15, 0.2) is 18.2 Å². The number of aryl methyl sites for hydroxylation is 1. The number of carboxylic acids is 1. The van der Waals surface area contributed by atoms with E-state index >= 15 is 0 Å². The minimum Gasteiger partial charge on any atom is -0.481 e. The molecule has 0 aromatic heterocycles. The Bertz CT molecular complexity index is 352. The molecule has 0 fully saturated rings. The molecule has 1 aromatic rings. The second-order valence-corrected chi connectivity index (χ2v) is 4.80. The summed E-state index contributed by atoms with van der Waals surface area (Å²) in [6, 6.07) is 5.93. The molecule has 1 rings (SSSR count). The van der Waals surface area contributed by atoms with E-state index < -0.39 is 5.97 Å². The van der Waals surface area contributed by atoms with Crippen LogP contribution in [0.5, 0.6) is 0 Å². The molecule has 1 N–H and O–H groups in total. The van der Waals surface area contributed by atoms with Crippen molar-refractivity contribution in [3.63, 3.8) is 0 Å². The molecule has 0 saturated heterocycles. The molecule has 4 heteroatoms. The average Bonchev–Trinajstić information content (AvgIpc) is 2.14. The maximum absolute atomic E-state index is 10.3. The summed E-state index contributed by atoms with van der Waals surface area (Å²) < 4.78 is 0. The van der Waals surface area contributed by atoms with Crippen LogP contribution >= 0.6 is 23.4 Å². The van der Waals surface area contributed by atoms with Gasteiger partial charge in [0.1, 0.15) is 0 Å². The third-order valence-electron chi connectivity index (χ3n) is 1.93. The summed E-state index contributed by atoms with van der Waals surface area (Å²) in [5.74, 6) is 0.642. The van der Waals surface area contributed by atoms with E-state index in [1.807, 2.05) is 25.1 Å². The van der Waals surface area contributed by atoms with Gasteiger partial charge in [0.2, 0.25) is 0 Å². The Morgan fingerprint density at radius 2 is 2.27 bits per heavy atom. The number of hydrogen-bond donors (Lipinski definition) is 1. The van der Waals surface area contributed by atoms with E-state index in [-0.39, 0.29) is 6.42 Å². The summed E-state index contributed by atoms with van der Waals surface area (Å²) in [6.45, 7) is 1.99. The van der Waals surface area contributed by atoms with Crippen LogP contribution < -0.4 is 0 Å². The fourth-order valence-electron chi connectivity index (χ4n) is 1.11. The van der Waals surface area contributed by atoms with Gasteiger partial charge in [0.05, 0.1) is 6.42 Å². The molecule has 0 aliphatic heterocycles. The zero-order valence-electron chi connectivity index (χ0n) is 8.50. The number of rotatable bonds is 5. The maximum atomic E-state index is 10.3. The van der Waals surface area contributed by atoms with E-state index in [2.05, 4.69) is 0 Å². The molecule has 0 amide bonds. The summed E-state index contributed by atoms with van der Waals surface area (Å²) in [5.41, 5.74) is 2.21. The average molecular weight is 245 g/mol. The monoisotopic (exact) mass is 244 g/mol. The van der Waals surface area contributed by atoms with E-state index in [0.29, 0.717) is 5.75 Å². The first-order chi connectivity index (χ1) is 7.09. The second kappa shape index (κ2) is 6.03. The number of aliphatic carboxylic acids is 1.